The van der Waals surface area contributed by atoms with Crippen molar-refractivity contribution in [3.8, 4) is 0 Å². The summed E-state index contributed by atoms with van der Waals surface area (Å²) < 4.78 is 7.73. The maximum atomic E-state index is 13.2. The molecule has 154 valence electrons. The molecule has 0 bridgehead atoms. The van der Waals surface area contributed by atoms with Crippen molar-refractivity contribution in [3.63, 3.8) is 0 Å². The summed E-state index contributed by atoms with van der Waals surface area (Å²) >= 11 is 0. The minimum Gasteiger partial charge on any atom is -0.361 e. The lowest BCUT2D eigenvalue weighted by Gasteiger charge is -2.47. The quantitative estimate of drug-likeness (QED) is 0.796. The minimum atomic E-state index is -0.525. The number of para-hydroxylation sites is 1. The second kappa shape index (κ2) is 7.99. The van der Waals surface area contributed by atoms with Crippen LogP contribution in [0.1, 0.15) is 42.4 Å². The Bertz CT molecular complexity index is 895. The lowest BCUT2D eigenvalue weighted by atomic mass is 9.90. The number of likely N-dealkylation sites (tertiary alicyclic amines) is 1. The van der Waals surface area contributed by atoms with Crippen LogP contribution in [0.4, 0.5) is 5.69 Å². The summed E-state index contributed by atoms with van der Waals surface area (Å²) in [5, 5.41) is 4.47. The third kappa shape index (κ3) is 3.92. The molecule has 7 heteroatoms. The SMILES string of the molecule is CCCc1cc(C(=O)N2CCCC3(C2)CN(c2ccccc2)C(=O)CO3)n(C)n1. The molecule has 2 aliphatic heterocycles. The number of ether oxygens (including phenoxy) is 1. The van der Waals surface area contributed by atoms with Gasteiger partial charge in [0.15, 0.2) is 0 Å². The first-order chi connectivity index (χ1) is 14.0. The first kappa shape index (κ1) is 19.6. The van der Waals surface area contributed by atoms with Crippen molar-refractivity contribution in [2.45, 2.75) is 38.2 Å². The van der Waals surface area contributed by atoms with E-state index in [2.05, 4.69) is 12.0 Å². The Balaban J connectivity index is 1.53. The Labute approximate surface area is 171 Å². The fourth-order valence-electron chi connectivity index (χ4n) is 4.34. The summed E-state index contributed by atoms with van der Waals surface area (Å²) in [4.78, 5) is 29.3. The number of anilines is 1. The fourth-order valence-corrected chi connectivity index (χ4v) is 4.34. The first-order valence-corrected chi connectivity index (χ1v) is 10.3. The zero-order chi connectivity index (χ0) is 20.4. The number of aromatic nitrogens is 2. The number of hydrogen-bond acceptors (Lipinski definition) is 4. The van der Waals surface area contributed by atoms with Crippen LogP contribution in [0.5, 0.6) is 0 Å². The smallest absolute Gasteiger partial charge is 0.272 e. The van der Waals surface area contributed by atoms with Gasteiger partial charge in [-0.25, -0.2) is 0 Å². The molecule has 2 aromatic rings. The predicted molar refractivity (Wildman–Crippen MR) is 110 cm³/mol. The molecule has 2 fully saturated rings. The van der Waals surface area contributed by atoms with Crippen LogP contribution in [0.25, 0.3) is 0 Å². The molecule has 0 aliphatic carbocycles. The number of benzene rings is 1. The van der Waals surface area contributed by atoms with Gasteiger partial charge in [-0.15, -0.1) is 0 Å². The number of nitrogens with zero attached hydrogens (tertiary/aromatic N) is 4. The highest BCUT2D eigenvalue weighted by Crippen LogP contribution is 2.32. The van der Waals surface area contributed by atoms with Gasteiger partial charge in [0, 0.05) is 19.3 Å². The molecule has 1 aromatic carbocycles. The molecule has 1 unspecified atom stereocenters. The van der Waals surface area contributed by atoms with Crippen molar-refractivity contribution in [3.05, 3.63) is 47.8 Å². The maximum Gasteiger partial charge on any atom is 0.272 e. The van der Waals surface area contributed by atoms with E-state index in [0.29, 0.717) is 25.3 Å². The molecule has 1 atom stereocenters. The lowest BCUT2D eigenvalue weighted by Crippen LogP contribution is -2.62. The monoisotopic (exact) mass is 396 g/mol. The van der Waals surface area contributed by atoms with E-state index in [0.717, 1.165) is 37.1 Å². The Kier molecular flexibility index (Phi) is 5.41. The first-order valence-electron chi connectivity index (χ1n) is 10.3. The number of amides is 2. The van der Waals surface area contributed by atoms with Crippen LogP contribution < -0.4 is 4.90 Å². The van der Waals surface area contributed by atoms with Crippen LogP contribution in [0.15, 0.2) is 36.4 Å². The summed E-state index contributed by atoms with van der Waals surface area (Å²) in [5.74, 6) is -0.0608. The van der Waals surface area contributed by atoms with Crippen LogP contribution in [0.2, 0.25) is 0 Å². The summed E-state index contributed by atoms with van der Waals surface area (Å²) in [5.41, 5.74) is 1.90. The third-order valence-corrected chi connectivity index (χ3v) is 5.80. The van der Waals surface area contributed by atoms with Crippen molar-refractivity contribution in [1.82, 2.24) is 14.7 Å². The second-order valence-electron chi connectivity index (χ2n) is 8.01. The summed E-state index contributed by atoms with van der Waals surface area (Å²) in [6, 6.07) is 11.6. The van der Waals surface area contributed by atoms with E-state index >= 15 is 0 Å². The van der Waals surface area contributed by atoms with Gasteiger partial charge < -0.3 is 14.5 Å². The van der Waals surface area contributed by atoms with Crippen LogP contribution in [0, 0.1) is 0 Å². The van der Waals surface area contributed by atoms with Crippen LogP contribution in [-0.2, 0) is 23.0 Å². The van der Waals surface area contributed by atoms with Gasteiger partial charge in [-0.3, -0.25) is 14.3 Å². The summed E-state index contributed by atoms with van der Waals surface area (Å²) in [7, 11) is 1.82. The van der Waals surface area contributed by atoms with Crippen LogP contribution in [0.3, 0.4) is 0 Å². The standard InChI is InChI=1S/C22H28N4O3/c1-3-8-17-13-19(24(2)23-17)21(28)25-12-7-11-22(15-25)16-26(20(27)14-29-22)18-9-5-4-6-10-18/h4-6,9-10,13H,3,7-8,11-12,14-16H2,1-2H3. The van der Waals surface area contributed by atoms with E-state index in [9.17, 15) is 9.59 Å². The van der Waals surface area contributed by atoms with E-state index in [-0.39, 0.29) is 18.4 Å². The molecule has 4 rings (SSSR count). The minimum absolute atomic E-state index is 0.0202. The molecule has 1 spiro atoms. The van der Waals surface area contributed by atoms with E-state index in [1.54, 1.807) is 9.58 Å². The number of morpholine rings is 1. The average Bonchev–Trinajstić information content (AvgIpc) is 3.10. The molecule has 2 amide bonds. The van der Waals surface area contributed by atoms with E-state index < -0.39 is 5.60 Å². The van der Waals surface area contributed by atoms with Crippen molar-refractivity contribution in [2.24, 2.45) is 7.05 Å². The molecule has 0 N–H and O–H groups in total. The summed E-state index contributed by atoms with van der Waals surface area (Å²) in [6.07, 6.45) is 3.54. The molecule has 1 aromatic heterocycles. The largest absolute Gasteiger partial charge is 0.361 e. The van der Waals surface area contributed by atoms with Gasteiger partial charge in [0.1, 0.15) is 17.9 Å². The van der Waals surface area contributed by atoms with Crippen molar-refractivity contribution in [1.29, 1.82) is 0 Å². The molecule has 2 aliphatic rings. The normalized spacial score (nSPS) is 22.3. The molecular weight excluding hydrogens is 368 g/mol. The molecule has 0 radical (unpaired) electrons. The Morgan fingerprint density at radius 3 is 2.79 bits per heavy atom. The Hall–Kier alpha value is -2.67. The highest BCUT2D eigenvalue weighted by Gasteiger charge is 2.44. The van der Waals surface area contributed by atoms with Gasteiger partial charge in [-0.05, 0) is 37.5 Å². The number of rotatable bonds is 4. The number of carbonyl (C=O) groups is 2. The molecule has 0 saturated carbocycles. The zero-order valence-corrected chi connectivity index (χ0v) is 17.1. The van der Waals surface area contributed by atoms with Gasteiger partial charge in [0.2, 0.25) is 0 Å². The van der Waals surface area contributed by atoms with Gasteiger partial charge in [-0.2, -0.15) is 5.10 Å². The van der Waals surface area contributed by atoms with E-state index in [1.165, 1.54) is 0 Å². The average molecular weight is 396 g/mol. The lowest BCUT2D eigenvalue weighted by molar-refractivity contribution is -0.144. The zero-order valence-electron chi connectivity index (χ0n) is 17.1. The second-order valence-corrected chi connectivity index (χ2v) is 8.01. The van der Waals surface area contributed by atoms with E-state index in [1.807, 2.05) is 48.3 Å². The number of aryl methyl sites for hydroxylation is 2. The molecule has 29 heavy (non-hydrogen) atoms. The Morgan fingerprint density at radius 1 is 1.24 bits per heavy atom. The van der Waals surface area contributed by atoms with Crippen LogP contribution >= 0.6 is 0 Å². The molecular formula is C22H28N4O3. The van der Waals surface area contributed by atoms with Gasteiger partial charge in [0.05, 0.1) is 18.8 Å². The molecule has 3 heterocycles. The van der Waals surface area contributed by atoms with Gasteiger partial charge in [0.25, 0.3) is 11.8 Å². The summed E-state index contributed by atoms with van der Waals surface area (Å²) in [6.45, 7) is 3.79. The topological polar surface area (TPSA) is 67.7 Å². The highest BCUT2D eigenvalue weighted by atomic mass is 16.5. The van der Waals surface area contributed by atoms with Crippen molar-refractivity contribution >= 4 is 17.5 Å². The van der Waals surface area contributed by atoms with Crippen LogP contribution in [-0.4, -0.2) is 58.3 Å². The predicted octanol–water partition coefficient (Wildman–Crippen LogP) is 2.41. The molecule has 7 nitrogen and oxygen atoms in total. The van der Waals surface area contributed by atoms with Gasteiger partial charge >= 0.3 is 0 Å². The molecule has 2 saturated heterocycles. The van der Waals surface area contributed by atoms with Crippen molar-refractivity contribution < 1.29 is 14.3 Å². The number of piperidine rings is 1. The highest BCUT2D eigenvalue weighted by molar-refractivity contribution is 5.95. The fraction of sp³-hybridized carbons (Fsp3) is 0.500. The Morgan fingerprint density at radius 2 is 2.03 bits per heavy atom. The number of hydrogen-bond donors (Lipinski definition) is 0. The third-order valence-electron chi connectivity index (χ3n) is 5.80. The maximum absolute atomic E-state index is 13.2. The van der Waals surface area contributed by atoms with E-state index in [4.69, 9.17) is 4.74 Å². The van der Waals surface area contributed by atoms with Gasteiger partial charge in [-0.1, -0.05) is 31.5 Å². The van der Waals surface area contributed by atoms with Crippen molar-refractivity contribution in [2.75, 3.05) is 31.1 Å². The number of carbonyl (C=O) groups excluding carboxylic acids is 2.